The van der Waals surface area contributed by atoms with Crippen LogP contribution in [0.3, 0.4) is 0 Å². The van der Waals surface area contributed by atoms with Crippen molar-refractivity contribution < 1.29 is 10.2 Å². The Morgan fingerprint density at radius 1 is 1.56 bits per heavy atom. The molecular formula is C6H12O2S. The summed E-state index contributed by atoms with van der Waals surface area (Å²) in [5, 5.41) is 17.9. The average molecular weight is 148 g/mol. The third kappa shape index (κ3) is 1.85. The van der Waals surface area contributed by atoms with Gasteiger partial charge < -0.3 is 10.2 Å². The van der Waals surface area contributed by atoms with E-state index in [0.717, 1.165) is 17.9 Å². The van der Waals surface area contributed by atoms with Gasteiger partial charge in [-0.1, -0.05) is 0 Å². The first kappa shape index (κ1) is 7.38. The van der Waals surface area contributed by atoms with Gasteiger partial charge in [0.1, 0.15) is 0 Å². The van der Waals surface area contributed by atoms with Crippen LogP contribution in [0.2, 0.25) is 0 Å². The van der Waals surface area contributed by atoms with Crippen molar-refractivity contribution in [3.05, 3.63) is 0 Å². The van der Waals surface area contributed by atoms with Crippen LogP contribution in [-0.4, -0.2) is 34.4 Å². The van der Waals surface area contributed by atoms with Crippen LogP contribution in [0.25, 0.3) is 0 Å². The Bertz CT molecular complexity index is 87.1. The molecule has 0 bridgehead atoms. The van der Waals surface area contributed by atoms with Gasteiger partial charge in [-0.25, -0.2) is 0 Å². The van der Waals surface area contributed by atoms with Gasteiger partial charge in [0, 0.05) is 18.3 Å². The van der Waals surface area contributed by atoms with E-state index in [1.54, 1.807) is 0 Å². The minimum absolute atomic E-state index is 0.128. The fourth-order valence-corrected chi connectivity index (χ4v) is 2.17. The Morgan fingerprint density at radius 3 is 2.78 bits per heavy atom. The normalized spacial score (nSPS) is 36.7. The van der Waals surface area contributed by atoms with Crippen molar-refractivity contribution in [2.24, 2.45) is 5.92 Å². The highest BCUT2D eigenvalue weighted by Gasteiger charge is 2.21. The smallest absolute Gasteiger partial charge is 0.0606 e. The van der Waals surface area contributed by atoms with Crippen LogP contribution in [0.4, 0.5) is 0 Å². The second-order valence-electron chi connectivity index (χ2n) is 2.37. The second kappa shape index (κ2) is 3.44. The minimum atomic E-state index is -0.253. The van der Waals surface area contributed by atoms with E-state index in [2.05, 4.69) is 0 Å². The lowest BCUT2D eigenvalue weighted by Crippen LogP contribution is -2.30. The summed E-state index contributed by atoms with van der Waals surface area (Å²) in [7, 11) is 0. The molecule has 54 valence electrons. The quantitative estimate of drug-likeness (QED) is 0.554. The molecule has 3 heteroatoms. The Labute approximate surface area is 59.3 Å². The van der Waals surface area contributed by atoms with E-state index in [9.17, 15) is 5.11 Å². The Morgan fingerprint density at radius 2 is 2.33 bits per heavy atom. The second-order valence-corrected chi connectivity index (χ2v) is 3.52. The van der Waals surface area contributed by atoms with Crippen LogP contribution in [0.1, 0.15) is 6.42 Å². The third-order valence-corrected chi connectivity index (χ3v) is 2.86. The van der Waals surface area contributed by atoms with Gasteiger partial charge in [-0.15, -0.1) is 0 Å². The molecule has 0 aromatic rings. The van der Waals surface area contributed by atoms with E-state index >= 15 is 0 Å². The zero-order valence-electron chi connectivity index (χ0n) is 5.29. The summed E-state index contributed by atoms with van der Waals surface area (Å²) in [5.41, 5.74) is 0. The molecule has 0 radical (unpaired) electrons. The third-order valence-electron chi connectivity index (χ3n) is 1.67. The number of rotatable bonds is 1. The molecule has 1 heterocycles. The van der Waals surface area contributed by atoms with Crippen LogP contribution < -0.4 is 0 Å². The standard InChI is InChI=1S/C6H12O2S/c7-3-5-4-9-2-1-6(5)8/h5-8H,1-4H2/t5-,6-/m0/s1. The molecule has 2 atom stereocenters. The summed E-state index contributed by atoms with van der Waals surface area (Å²) in [4.78, 5) is 0. The van der Waals surface area contributed by atoms with Crippen molar-refractivity contribution in [2.45, 2.75) is 12.5 Å². The highest BCUT2D eigenvalue weighted by atomic mass is 32.2. The summed E-state index contributed by atoms with van der Waals surface area (Å²) >= 11 is 1.81. The van der Waals surface area contributed by atoms with Crippen LogP contribution in [-0.2, 0) is 0 Å². The van der Waals surface area contributed by atoms with Crippen molar-refractivity contribution in [1.82, 2.24) is 0 Å². The van der Waals surface area contributed by atoms with Gasteiger partial charge in [0.25, 0.3) is 0 Å². The molecule has 0 spiro atoms. The van der Waals surface area contributed by atoms with Gasteiger partial charge in [-0.3, -0.25) is 0 Å². The van der Waals surface area contributed by atoms with Crippen molar-refractivity contribution in [3.63, 3.8) is 0 Å². The van der Waals surface area contributed by atoms with Crippen LogP contribution >= 0.6 is 11.8 Å². The van der Waals surface area contributed by atoms with Gasteiger partial charge in [-0.2, -0.15) is 11.8 Å². The SMILES string of the molecule is OC[C@H]1CSCC[C@@H]1O. The van der Waals surface area contributed by atoms with E-state index in [1.807, 2.05) is 11.8 Å². The molecule has 0 aliphatic carbocycles. The first-order chi connectivity index (χ1) is 4.34. The Balaban J connectivity index is 2.30. The predicted octanol–water partition coefficient (Wildman–Crippen LogP) is 0.0927. The van der Waals surface area contributed by atoms with Crippen LogP contribution in [0, 0.1) is 5.92 Å². The topological polar surface area (TPSA) is 40.5 Å². The number of aliphatic hydroxyl groups is 2. The van der Waals surface area contributed by atoms with Gasteiger partial charge >= 0.3 is 0 Å². The first-order valence-corrected chi connectivity index (χ1v) is 4.36. The number of aliphatic hydroxyl groups excluding tert-OH is 2. The highest BCUT2D eigenvalue weighted by molar-refractivity contribution is 7.99. The number of thioether (sulfide) groups is 1. The molecule has 9 heavy (non-hydrogen) atoms. The molecule has 0 aromatic heterocycles. The van der Waals surface area contributed by atoms with Gasteiger partial charge in [0.15, 0.2) is 0 Å². The predicted molar refractivity (Wildman–Crippen MR) is 38.5 cm³/mol. The molecule has 0 saturated carbocycles. The van der Waals surface area contributed by atoms with Gasteiger partial charge in [-0.05, 0) is 12.2 Å². The van der Waals surface area contributed by atoms with E-state index in [0.29, 0.717) is 0 Å². The Kier molecular flexibility index (Phi) is 2.82. The van der Waals surface area contributed by atoms with E-state index < -0.39 is 0 Å². The summed E-state index contributed by atoms with van der Waals surface area (Å²) in [6.07, 6.45) is 0.590. The van der Waals surface area contributed by atoms with E-state index in [-0.39, 0.29) is 18.6 Å². The molecule has 0 amide bonds. The molecular weight excluding hydrogens is 136 g/mol. The van der Waals surface area contributed by atoms with E-state index in [1.165, 1.54) is 0 Å². The van der Waals surface area contributed by atoms with E-state index in [4.69, 9.17) is 5.11 Å². The van der Waals surface area contributed by atoms with Crippen LogP contribution in [0.15, 0.2) is 0 Å². The molecule has 1 aliphatic heterocycles. The highest BCUT2D eigenvalue weighted by Crippen LogP contribution is 2.22. The number of hydrogen-bond donors (Lipinski definition) is 2. The summed E-state index contributed by atoms with van der Waals surface area (Å²) in [5.74, 6) is 2.08. The molecule has 1 rings (SSSR count). The minimum Gasteiger partial charge on any atom is -0.396 e. The lowest BCUT2D eigenvalue weighted by molar-refractivity contribution is 0.0744. The molecule has 1 saturated heterocycles. The Hall–Kier alpha value is 0.270. The molecule has 2 nitrogen and oxygen atoms in total. The van der Waals surface area contributed by atoms with Crippen molar-refractivity contribution >= 4 is 11.8 Å². The lowest BCUT2D eigenvalue weighted by atomic mass is 10.0. The zero-order chi connectivity index (χ0) is 6.69. The summed E-state index contributed by atoms with van der Waals surface area (Å²) in [6.45, 7) is 0.133. The van der Waals surface area contributed by atoms with Crippen LogP contribution in [0.5, 0.6) is 0 Å². The van der Waals surface area contributed by atoms with Gasteiger partial charge in [0.2, 0.25) is 0 Å². The van der Waals surface area contributed by atoms with Crippen molar-refractivity contribution in [3.8, 4) is 0 Å². The molecule has 0 aromatic carbocycles. The zero-order valence-corrected chi connectivity index (χ0v) is 6.10. The fourth-order valence-electron chi connectivity index (χ4n) is 0.960. The lowest BCUT2D eigenvalue weighted by Gasteiger charge is -2.24. The summed E-state index contributed by atoms with van der Waals surface area (Å²) in [6, 6.07) is 0. The average Bonchev–Trinajstić information content (AvgIpc) is 1.89. The maximum Gasteiger partial charge on any atom is 0.0606 e. The van der Waals surface area contributed by atoms with Gasteiger partial charge in [0.05, 0.1) is 6.10 Å². The maximum absolute atomic E-state index is 9.20. The largest absolute Gasteiger partial charge is 0.396 e. The van der Waals surface area contributed by atoms with Crippen molar-refractivity contribution in [1.29, 1.82) is 0 Å². The monoisotopic (exact) mass is 148 g/mol. The maximum atomic E-state index is 9.20. The number of hydrogen-bond acceptors (Lipinski definition) is 3. The molecule has 1 fully saturated rings. The molecule has 1 aliphatic rings. The van der Waals surface area contributed by atoms with Crippen molar-refractivity contribution in [2.75, 3.05) is 18.1 Å². The first-order valence-electron chi connectivity index (χ1n) is 3.21. The fraction of sp³-hybridized carbons (Fsp3) is 1.00. The summed E-state index contributed by atoms with van der Waals surface area (Å²) < 4.78 is 0. The molecule has 2 N–H and O–H groups in total. The molecule has 0 unspecified atom stereocenters.